The highest BCUT2D eigenvalue weighted by molar-refractivity contribution is 7.88. The molecule has 9 nitrogen and oxygen atoms in total. The molecule has 0 saturated carbocycles. The first-order chi connectivity index (χ1) is 11.7. The summed E-state index contributed by atoms with van der Waals surface area (Å²) in [5.74, 6) is 0.603. The molecule has 0 heterocycles. The summed E-state index contributed by atoms with van der Waals surface area (Å²) in [5.41, 5.74) is -1.14. The Morgan fingerprint density at radius 2 is 1.69 bits per heavy atom. The van der Waals surface area contributed by atoms with E-state index in [9.17, 15) is 13.2 Å². The Kier molecular flexibility index (Phi) is 9.93. The van der Waals surface area contributed by atoms with Gasteiger partial charge in [-0.3, -0.25) is 4.99 Å². The van der Waals surface area contributed by atoms with Crippen molar-refractivity contribution < 1.29 is 17.9 Å². The molecule has 0 unspecified atom stereocenters. The fourth-order valence-electron chi connectivity index (χ4n) is 1.79. The van der Waals surface area contributed by atoms with Crippen LogP contribution in [0.25, 0.3) is 0 Å². The lowest BCUT2D eigenvalue weighted by molar-refractivity contribution is 0.0476. The second kappa shape index (κ2) is 10.6. The molecule has 0 aliphatic rings. The summed E-state index contributed by atoms with van der Waals surface area (Å²) in [7, 11) is -3.17. The Hall–Kier alpha value is -1.55. The molecule has 154 valence electrons. The van der Waals surface area contributed by atoms with Crippen molar-refractivity contribution in [3.05, 3.63) is 0 Å². The average molecular weight is 394 g/mol. The third-order valence-electron chi connectivity index (χ3n) is 2.83. The van der Waals surface area contributed by atoms with Crippen molar-refractivity contribution in [3.63, 3.8) is 0 Å². The van der Waals surface area contributed by atoms with Crippen molar-refractivity contribution >= 4 is 22.1 Å². The molecule has 0 aromatic carbocycles. The maximum Gasteiger partial charge on any atom is 0.408 e. The van der Waals surface area contributed by atoms with Crippen LogP contribution in [0.4, 0.5) is 4.79 Å². The van der Waals surface area contributed by atoms with E-state index in [0.717, 1.165) is 6.26 Å². The minimum atomic E-state index is -3.17. The topological polar surface area (TPSA) is 121 Å². The molecule has 0 atom stereocenters. The number of amides is 1. The number of nitrogens with zero attached hydrogens (tertiary/aromatic N) is 1. The van der Waals surface area contributed by atoms with Gasteiger partial charge in [-0.05, 0) is 48.0 Å². The van der Waals surface area contributed by atoms with Crippen LogP contribution in [0.2, 0.25) is 0 Å². The number of ether oxygens (including phenoxy) is 1. The molecule has 0 spiro atoms. The summed E-state index contributed by atoms with van der Waals surface area (Å²) < 4.78 is 29.7. The number of carbonyl (C=O) groups is 1. The van der Waals surface area contributed by atoms with E-state index in [-0.39, 0.29) is 0 Å². The number of rotatable bonds is 9. The van der Waals surface area contributed by atoms with E-state index in [1.165, 1.54) is 0 Å². The lowest BCUT2D eigenvalue weighted by Crippen LogP contribution is -2.49. The van der Waals surface area contributed by atoms with Gasteiger partial charge in [-0.15, -0.1) is 0 Å². The van der Waals surface area contributed by atoms with Crippen LogP contribution in [0.1, 0.15) is 48.0 Å². The molecule has 0 aliphatic heterocycles. The normalized spacial score (nSPS) is 13.3. The van der Waals surface area contributed by atoms with Gasteiger partial charge in [0.1, 0.15) is 5.60 Å². The van der Waals surface area contributed by atoms with Gasteiger partial charge in [-0.1, -0.05) is 0 Å². The van der Waals surface area contributed by atoms with Crippen molar-refractivity contribution in [2.75, 3.05) is 32.4 Å². The summed E-state index contributed by atoms with van der Waals surface area (Å²) in [4.78, 5) is 16.4. The van der Waals surface area contributed by atoms with Gasteiger partial charge >= 0.3 is 6.09 Å². The van der Waals surface area contributed by atoms with Crippen LogP contribution in [0, 0.1) is 0 Å². The fraction of sp³-hybridized carbons (Fsp3) is 0.875. The van der Waals surface area contributed by atoms with Crippen molar-refractivity contribution in [3.8, 4) is 0 Å². The largest absolute Gasteiger partial charge is 0.444 e. The van der Waals surface area contributed by atoms with E-state index in [1.54, 1.807) is 0 Å². The van der Waals surface area contributed by atoms with E-state index in [4.69, 9.17) is 4.74 Å². The maximum atomic E-state index is 11.9. The first-order valence-electron chi connectivity index (χ1n) is 8.72. The number of sulfonamides is 1. The highest BCUT2D eigenvalue weighted by Gasteiger charge is 2.24. The minimum Gasteiger partial charge on any atom is -0.444 e. The van der Waals surface area contributed by atoms with Crippen LogP contribution in [0.15, 0.2) is 4.99 Å². The molecule has 1 amide bonds. The van der Waals surface area contributed by atoms with Crippen LogP contribution in [0.5, 0.6) is 0 Å². The summed E-state index contributed by atoms with van der Waals surface area (Å²) in [6.45, 7) is 13.1. The highest BCUT2D eigenvalue weighted by Crippen LogP contribution is 2.09. The van der Waals surface area contributed by atoms with Gasteiger partial charge in [-0.25, -0.2) is 17.9 Å². The molecule has 0 fully saturated rings. The zero-order valence-corrected chi connectivity index (χ0v) is 17.8. The standard InChI is InChI=1S/C16H35N5O4S/c1-8-17-13(18-10-9-11-20-26(7,23)24)19-12-16(5,6)21-14(22)25-15(2,3)4/h20H,8-12H2,1-7H3,(H,21,22)(H2,17,18,19). The quantitative estimate of drug-likeness (QED) is 0.261. The molecule has 0 rings (SSSR count). The van der Waals surface area contributed by atoms with E-state index in [0.29, 0.717) is 38.6 Å². The number of carbonyl (C=O) groups excluding carboxylic acids is 1. The lowest BCUT2D eigenvalue weighted by atomic mass is 10.1. The lowest BCUT2D eigenvalue weighted by Gasteiger charge is -2.27. The van der Waals surface area contributed by atoms with E-state index in [2.05, 4.69) is 25.7 Å². The van der Waals surface area contributed by atoms with Crippen LogP contribution >= 0.6 is 0 Å². The van der Waals surface area contributed by atoms with E-state index >= 15 is 0 Å². The molecule has 0 bridgehead atoms. The summed E-state index contributed by atoms with van der Waals surface area (Å²) in [6.07, 6.45) is 1.27. The number of nitrogens with one attached hydrogen (secondary N) is 4. The molecule has 26 heavy (non-hydrogen) atoms. The minimum absolute atomic E-state index is 0.350. The van der Waals surface area contributed by atoms with Crippen LogP contribution in [-0.2, 0) is 14.8 Å². The van der Waals surface area contributed by atoms with E-state index in [1.807, 2.05) is 41.5 Å². The highest BCUT2D eigenvalue weighted by atomic mass is 32.2. The molecular weight excluding hydrogens is 358 g/mol. The van der Waals surface area contributed by atoms with Crippen molar-refractivity contribution in [2.24, 2.45) is 4.99 Å². The van der Waals surface area contributed by atoms with Crippen LogP contribution < -0.4 is 20.7 Å². The van der Waals surface area contributed by atoms with Crippen LogP contribution in [-0.4, -0.2) is 64.0 Å². The van der Waals surface area contributed by atoms with Crippen molar-refractivity contribution in [1.29, 1.82) is 0 Å². The van der Waals surface area contributed by atoms with Crippen molar-refractivity contribution in [2.45, 2.75) is 59.1 Å². The fourth-order valence-corrected chi connectivity index (χ4v) is 2.31. The Morgan fingerprint density at radius 1 is 1.08 bits per heavy atom. The summed E-state index contributed by atoms with van der Waals surface area (Å²) in [5, 5.41) is 9.04. The predicted molar refractivity (Wildman–Crippen MR) is 105 cm³/mol. The van der Waals surface area contributed by atoms with Gasteiger partial charge in [0.15, 0.2) is 5.96 Å². The average Bonchev–Trinajstić information content (AvgIpc) is 2.40. The third kappa shape index (κ3) is 14.8. The predicted octanol–water partition coefficient (Wildman–Crippen LogP) is 0.784. The van der Waals surface area contributed by atoms with Gasteiger partial charge in [0, 0.05) is 19.6 Å². The zero-order chi connectivity index (χ0) is 20.4. The Morgan fingerprint density at radius 3 is 2.19 bits per heavy atom. The van der Waals surface area contributed by atoms with E-state index < -0.39 is 27.3 Å². The Bertz CT molecular complexity index is 568. The Balaban J connectivity index is 4.50. The first kappa shape index (κ1) is 24.5. The number of aliphatic imine (C=N–C) groups is 1. The van der Waals surface area contributed by atoms with Crippen LogP contribution in [0.3, 0.4) is 0 Å². The van der Waals surface area contributed by atoms with Gasteiger partial charge in [-0.2, -0.15) is 0 Å². The summed E-state index contributed by atoms with van der Waals surface area (Å²) >= 11 is 0. The molecule has 4 N–H and O–H groups in total. The molecule has 0 saturated heterocycles. The second-order valence-electron chi connectivity index (χ2n) is 7.65. The first-order valence-corrected chi connectivity index (χ1v) is 10.6. The molecule has 0 aromatic rings. The van der Waals surface area contributed by atoms with Gasteiger partial charge in [0.2, 0.25) is 10.0 Å². The second-order valence-corrected chi connectivity index (χ2v) is 9.49. The number of hydrogen-bond acceptors (Lipinski definition) is 5. The number of alkyl carbamates (subject to hydrolysis) is 1. The third-order valence-corrected chi connectivity index (χ3v) is 3.55. The number of guanidine groups is 1. The Labute approximate surface area is 157 Å². The van der Waals surface area contributed by atoms with Gasteiger partial charge < -0.3 is 20.7 Å². The number of hydrogen-bond donors (Lipinski definition) is 4. The zero-order valence-electron chi connectivity index (χ0n) is 17.0. The summed E-state index contributed by atoms with van der Waals surface area (Å²) in [6, 6.07) is 0. The van der Waals surface area contributed by atoms with Gasteiger partial charge in [0.25, 0.3) is 0 Å². The van der Waals surface area contributed by atoms with Crippen molar-refractivity contribution in [1.82, 2.24) is 20.7 Å². The molecule has 10 heteroatoms. The molecule has 0 aliphatic carbocycles. The molecule has 0 aromatic heterocycles. The monoisotopic (exact) mass is 393 g/mol. The SMILES string of the molecule is CCNC(=NCC(C)(C)NC(=O)OC(C)(C)C)NCCCNS(C)(=O)=O. The maximum absolute atomic E-state index is 11.9. The molecule has 0 radical (unpaired) electrons. The smallest absolute Gasteiger partial charge is 0.408 e. The van der Waals surface area contributed by atoms with Gasteiger partial charge in [0.05, 0.1) is 18.3 Å². The molecular formula is C16H35N5O4S.